The third-order valence-electron chi connectivity index (χ3n) is 3.72. The summed E-state index contributed by atoms with van der Waals surface area (Å²) in [7, 11) is 0. The van der Waals surface area contributed by atoms with Gasteiger partial charge in [0.2, 0.25) is 5.91 Å². The van der Waals surface area contributed by atoms with Gasteiger partial charge in [0.1, 0.15) is 0 Å². The second-order valence-corrected chi connectivity index (χ2v) is 5.29. The van der Waals surface area contributed by atoms with E-state index < -0.39 is 12.1 Å². The van der Waals surface area contributed by atoms with Crippen LogP contribution in [0, 0.1) is 5.92 Å². The molecule has 1 saturated carbocycles. The monoisotopic (exact) mass is 271 g/mol. The van der Waals surface area contributed by atoms with Crippen LogP contribution in [0.15, 0.2) is 0 Å². The number of ether oxygens (including phenoxy) is 1. The molecule has 0 saturated heterocycles. The van der Waals surface area contributed by atoms with E-state index in [-0.39, 0.29) is 12.0 Å². The fraction of sp³-hybridized carbons (Fsp3) is 0.857. The highest BCUT2D eigenvalue weighted by atomic mass is 16.5. The van der Waals surface area contributed by atoms with Crippen molar-refractivity contribution in [3.05, 3.63) is 0 Å². The number of carboxylic acid groups (broad SMARTS) is 1. The minimum atomic E-state index is -0.865. The predicted octanol–water partition coefficient (Wildman–Crippen LogP) is 1.95. The molecule has 110 valence electrons. The zero-order valence-corrected chi connectivity index (χ0v) is 11.9. The number of hydrogen-bond acceptors (Lipinski definition) is 3. The van der Waals surface area contributed by atoms with Gasteiger partial charge in [0, 0.05) is 13.5 Å². The molecule has 0 aromatic rings. The van der Waals surface area contributed by atoms with Crippen molar-refractivity contribution in [3.63, 3.8) is 0 Å². The second kappa shape index (κ2) is 8.15. The summed E-state index contributed by atoms with van der Waals surface area (Å²) < 4.78 is 5.62. The molecule has 5 heteroatoms. The van der Waals surface area contributed by atoms with Gasteiger partial charge < -0.3 is 15.2 Å². The van der Waals surface area contributed by atoms with Gasteiger partial charge >= 0.3 is 5.97 Å². The number of amides is 1. The molecule has 1 rings (SSSR count). The lowest BCUT2D eigenvalue weighted by Gasteiger charge is -2.30. The minimum Gasteiger partial charge on any atom is -0.479 e. The van der Waals surface area contributed by atoms with Crippen LogP contribution in [0.25, 0.3) is 0 Å². The van der Waals surface area contributed by atoms with Crippen molar-refractivity contribution in [2.75, 3.05) is 6.54 Å². The van der Waals surface area contributed by atoms with Crippen molar-refractivity contribution < 1.29 is 19.4 Å². The molecule has 1 unspecified atom stereocenters. The lowest BCUT2D eigenvalue weighted by Crippen LogP contribution is -2.32. The normalized spacial score (nSPS) is 24.7. The Labute approximate surface area is 114 Å². The molecule has 0 bridgehead atoms. The van der Waals surface area contributed by atoms with Gasteiger partial charge in [-0.15, -0.1) is 0 Å². The third kappa shape index (κ3) is 6.05. The van der Waals surface area contributed by atoms with Crippen LogP contribution in [0.3, 0.4) is 0 Å². The maximum Gasteiger partial charge on any atom is 0.332 e. The Balaban J connectivity index is 2.21. The van der Waals surface area contributed by atoms with E-state index in [1.807, 2.05) is 6.92 Å². The molecule has 1 aliphatic carbocycles. The fourth-order valence-corrected chi connectivity index (χ4v) is 2.57. The van der Waals surface area contributed by atoms with Gasteiger partial charge in [-0.25, -0.2) is 4.79 Å². The van der Waals surface area contributed by atoms with E-state index >= 15 is 0 Å². The van der Waals surface area contributed by atoms with Crippen molar-refractivity contribution in [3.8, 4) is 0 Å². The van der Waals surface area contributed by atoms with Gasteiger partial charge in [-0.1, -0.05) is 6.92 Å². The zero-order valence-electron chi connectivity index (χ0n) is 11.9. The van der Waals surface area contributed by atoms with E-state index in [1.54, 1.807) is 0 Å². The number of nitrogens with one attached hydrogen (secondary N) is 1. The Hall–Kier alpha value is -1.10. The molecule has 1 amide bonds. The summed E-state index contributed by atoms with van der Waals surface area (Å²) in [4.78, 5) is 21.7. The lowest BCUT2D eigenvalue weighted by atomic mass is 9.85. The van der Waals surface area contributed by atoms with E-state index in [0.29, 0.717) is 12.3 Å². The number of carbonyl (C=O) groups is 2. The number of carboxylic acids is 1. The summed E-state index contributed by atoms with van der Waals surface area (Å²) in [6.45, 7) is 4.09. The molecule has 2 N–H and O–H groups in total. The van der Waals surface area contributed by atoms with Gasteiger partial charge in [-0.2, -0.15) is 0 Å². The van der Waals surface area contributed by atoms with E-state index in [9.17, 15) is 9.59 Å². The summed E-state index contributed by atoms with van der Waals surface area (Å²) in [5.41, 5.74) is 0. The Bertz CT molecular complexity index is 298. The molecule has 0 spiro atoms. The summed E-state index contributed by atoms with van der Waals surface area (Å²) in [6.07, 6.45) is 4.89. The van der Waals surface area contributed by atoms with Crippen molar-refractivity contribution in [1.82, 2.24) is 5.32 Å². The van der Waals surface area contributed by atoms with Crippen LogP contribution in [-0.4, -0.2) is 35.7 Å². The smallest absolute Gasteiger partial charge is 0.332 e. The van der Waals surface area contributed by atoms with Crippen LogP contribution < -0.4 is 5.32 Å². The first-order chi connectivity index (χ1) is 9.02. The molecule has 0 radical (unpaired) electrons. The van der Waals surface area contributed by atoms with Gasteiger partial charge in [0.15, 0.2) is 6.10 Å². The van der Waals surface area contributed by atoms with Gasteiger partial charge in [0.05, 0.1) is 6.10 Å². The third-order valence-corrected chi connectivity index (χ3v) is 3.72. The second-order valence-electron chi connectivity index (χ2n) is 5.29. The van der Waals surface area contributed by atoms with Gasteiger partial charge in [0.25, 0.3) is 0 Å². The first-order valence-electron chi connectivity index (χ1n) is 7.15. The molecule has 19 heavy (non-hydrogen) atoms. The average molecular weight is 271 g/mol. The predicted molar refractivity (Wildman–Crippen MR) is 71.8 cm³/mol. The average Bonchev–Trinajstić information content (AvgIpc) is 2.37. The number of carbonyl (C=O) groups excluding carboxylic acids is 1. The first kappa shape index (κ1) is 16.0. The highest BCUT2D eigenvalue weighted by molar-refractivity contribution is 5.72. The maximum atomic E-state index is 10.9. The van der Waals surface area contributed by atoms with Crippen molar-refractivity contribution >= 4 is 11.9 Å². The van der Waals surface area contributed by atoms with Crippen molar-refractivity contribution in [2.45, 2.75) is 64.6 Å². The van der Waals surface area contributed by atoms with Crippen LogP contribution >= 0.6 is 0 Å². The first-order valence-corrected chi connectivity index (χ1v) is 7.15. The van der Waals surface area contributed by atoms with Crippen LogP contribution in [-0.2, 0) is 14.3 Å². The highest BCUT2D eigenvalue weighted by Gasteiger charge is 2.26. The lowest BCUT2D eigenvalue weighted by molar-refractivity contribution is -0.156. The molecule has 1 aliphatic rings. The van der Waals surface area contributed by atoms with E-state index in [2.05, 4.69) is 5.32 Å². The van der Waals surface area contributed by atoms with Crippen molar-refractivity contribution in [1.29, 1.82) is 0 Å². The summed E-state index contributed by atoms with van der Waals surface area (Å²) in [5, 5.41) is 11.8. The van der Waals surface area contributed by atoms with Crippen LogP contribution in [0.2, 0.25) is 0 Å². The maximum absolute atomic E-state index is 10.9. The van der Waals surface area contributed by atoms with Crippen LogP contribution in [0.1, 0.15) is 52.4 Å². The van der Waals surface area contributed by atoms with Crippen LogP contribution in [0.4, 0.5) is 0 Å². The van der Waals surface area contributed by atoms with E-state index in [1.165, 1.54) is 6.92 Å². The zero-order chi connectivity index (χ0) is 14.3. The molecular weight excluding hydrogens is 246 g/mol. The number of hydrogen-bond donors (Lipinski definition) is 2. The largest absolute Gasteiger partial charge is 0.479 e. The number of rotatable bonds is 7. The fourth-order valence-electron chi connectivity index (χ4n) is 2.57. The molecule has 0 aromatic heterocycles. The van der Waals surface area contributed by atoms with Gasteiger partial charge in [-0.05, 0) is 44.4 Å². The number of aliphatic carboxylic acids is 1. The summed E-state index contributed by atoms with van der Waals surface area (Å²) >= 11 is 0. The quantitative estimate of drug-likeness (QED) is 0.742. The molecule has 0 aliphatic heterocycles. The van der Waals surface area contributed by atoms with Crippen LogP contribution in [0.5, 0.6) is 0 Å². The minimum absolute atomic E-state index is 0.0178. The van der Waals surface area contributed by atoms with E-state index in [0.717, 1.165) is 38.6 Å². The molecule has 0 heterocycles. The summed E-state index contributed by atoms with van der Waals surface area (Å²) in [5.74, 6) is -0.226. The standard InChI is InChI=1S/C14H25NO4/c1-3-13(14(17)18)19-12-6-4-11(5-7-12)8-9-15-10(2)16/h11-13H,3-9H2,1-2H3,(H,15,16)(H,17,18). The Morgan fingerprint density at radius 3 is 2.42 bits per heavy atom. The Morgan fingerprint density at radius 2 is 1.95 bits per heavy atom. The topological polar surface area (TPSA) is 75.6 Å². The molecule has 1 atom stereocenters. The Morgan fingerprint density at radius 1 is 1.32 bits per heavy atom. The Kier molecular flexibility index (Phi) is 6.84. The SMILES string of the molecule is CCC(OC1CCC(CCNC(C)=O)CC1)C(=O)O. The summed E-state index contributed by atoms with van der Waals surface area (Å²) in [6, 6.07) is 0. The van der Waals surface area contributed by atoms with Gasteiger partial charge in [-0.3, -0.25) is 4.79 Å². The molecule has 1 fully saturated rings. The van der Waals surface area contributed by atoms with E-state index in [4.69, 9.17) is 9.84 Å². The highest BCUT2D eigenvalue weighted by Crippen LogP contribution is 2.29. The molecular formula is C14H25NO4. The van der Waals surface area contributed by atoms with Crippen molar-refractivity contribution in [2.24, 2.45) is 5.92 Å². The molecule has 0 aromatic carbocycles. The molecule has 5 nitrogen and oxygen atoms in total.